The number of benzene rings is 2. The number of carbonyl (C=O) groups excluding carboxylic acids is 1. The third kappa shape index (κ3) is 5.04. The van der Waals surface area contributed by atoms with Gasteiger partial charge < -0.3 is 0 Å². The summed E-state index contributed by atoms with van der Waals surface area (Å²) in [7, 11) is -3.80. The van der Waals surface area contributed by atoms with E-state index < -0.39 is 15.9 Å². The van der Waals surface area contributed by atoms with Gasteiger partial charge >= 0.3 is 0 Å². The van der Waals surface area contributed by atoms with Gasteiger partial charge in [-0.3, -0.25) is 9.52 Å². The summed E-state index contributed by atoms with van der Waals surface area (Å²) in [6.07, 6.45) is 0. The normalized spacial score (nSPS) is 11.9. The topological polar surface area (TPSA) is 101 Å². The van der Waals surface area contributed by atoms with E-state index in [2.05, 4.69) is 20.2 Å². The molecule has 0 saturated heterocycles. The summed E-state index contributed by atoms with van der Waals surface area (Å²) in [6, 6.07) is 13.6. The van der Waals surface area contributed by atoms with E-state index in [9.17, 15) is 17.6 Å². The molecule has 1 aromatic heterocycles. The summed E-state index contributed by atoms with van der Waals surface area (Å²) < 4.78 is 40.2. The molecule has 0 atom stereocenters. The molecule has 0 spiro atoms. The van der Waals surface area contributed by atoms with Gasteiger partial charge in [-0.1, -0.05) is 41.7 Å². The first-order chi connectivity index (χ1) is 13.8. The minimum atomic E-state index is -3.80. The highest BCUT2D eigenvalue weighted by atomic mass is 32.2. The van der Waals surface area contributed by atoms with Crippen molar-refractivity contribution >= 4 is 38.1 Å². The summed E-state index contributed by atoms with van der Waals surface area (Å²) in [5.41, 5.74) is 3.93. The molecule has 10 heteroatoms. The Kier molecular flexibility index (Phi) is 6.04. The molecule has 0 bridgehead atoms. The molecule has 0 fully saturated rings. The van der Waals surface area contributed by atoms with E-state index in [1.54, 1.807) is 44.2 Å². The monoisotopic (exact) mass is 432 g/mol. The van der Waals surface area contributed by atoms with Crippen LogP contribution in [-0.2, 0) is 10.0 Å². The Hall–Kier alpha value is -3.11. The molecular formula is C19H17FN4O3S2. The molecule has 7 nitrogen and oxygen atoms in total. The maximum absolute atomic E-state index is 13.0. The first-order valence-corrected chi connectivity index (χ1v) is 10.7. The highest BCUT2D eigenvalue weighted by Gasteiger charge is 2.20. The number of amides is 1. The van der Waals surface area contributed by atoms with Crippen molar-refractivity contribution in [3.63, 3.8) is 0 Å². The molecule has 2 N–H and O–H groups in total. The second kappa shape index (κ2) is 8.50. The zero-order valence-electron chi connectivity index (χ0n) is 15.5. The summed E-state index contributed by atoms with van der Waals surface area (Å²) in [5, 5.41) is 4.09. The Morgan fingerprint density at radius 3 is 2.41 bits per heavy atom. The lowest BCUT2D eigenvalue weighted by molar-refractivity contribution is 0.0958. The number of hydrogen-bond acceptors (Lipinski definition) is 6. The first-order valence-electron chi connectivity index (χ1n) is 8.42. The molecule has 3 aromatic rings. The highest BCUT2D eigenvalue weighted by molar-refractivity contribution is 7.93. The van der Waals surface area contributed by atoms with Crippen LogP contribution in [0.5, 0.6) is 0 Å². The zero-order valence-corrected chi connectivity index (χ0v) is 17.1. The van der Waals surface area contributed by atoms with Crippen molar-refractivity contribution in [2.45, 2.75) is 18.7 Å². The standard InChI is InChI=1S/C19H17FN4O3S2/c1-12(14-8-10-15(20)11-9-14)22-23-18(25)17-13(2)21-19(28-17)24-29(26,27)16-6-4-3-5-7-16/h3-11H,1-2H3,(H,21,24)(H,23,25)/b22-12+. The fraction of sp³-hybridized carbons (Fsp3) is 0.105. The van der Waals surface area contributed by atoms with Crippen LogP contribution in [0.3, 0.4) is 0 Å². The van der Waals surface area contributed by atoms with E-state index in [1.165, 1.54) is 24.3 Å². The summed E-state index contributed by atoms with van der Waals surface area (Å²) >= 11 is 0.906. The van der Waals surface area contributed by atoms with Crippen LogP contribution in [0.1, 0.15) is 27.9 Å². The fourth-order valence-corrected chi connectivity index (χ4v) is 4.48. The molecule has 150 valence electrons. The maximum Gasteiger partial charge on any atom is 0.283 e. The van der Waals surface area contributed by atoms with E-state index >= 15 is 0 Å². The number of aromatic nitrogens is 1. The first kappa shape index (κ1) is 20.6. The molecule has 2 aromatic carbocycles. The van der Waals surface area contributed by atoms with Crippen LogP contribution in [0.4, 0.5) is 9.52 Å². The van der Waals surface area contributed by atoms with Gasteiger partial charge in [-0.15, -0.1) is 0 Å². The molecule has 3 rings (SSSR count). The van der Waals surface area contributed by atoms with Crippen LogP contribution in [0, 0.1) is 12.7 Å². The molecule has 1 heterocycles. The zero-order chi connectivity index (χ0) is 21.0. The van der Waals surface area contributed by atoms with Crippen LogP contribution >= 0.6 is 11.3 Å². The van der Waals surface area contributed by atoms with Crippen molar-refractivity contribution in [2.75, 3.05) is 4.72 Å². The third-order valence-electron chi connectivity index (χ3n) is 3.87. The van der Waals surface area contributed by atoms with Crippen molar-refractivity contribution in [3.8, 4) is 0 Å². The van der Waals surface area contributed by atoms with Crippen LogP contribution in [0.2, 0.25) is 0 Å². The number of hydrazone groups is 1. The fourth-order valence-electron chi connectivity index (χ4n) is 2.37. The predicted octanol–water partition coefficient (Wildman–Crippen LogP) is 3.55. The lowest BCUT2D eigenvalue weighted by Gasteiger charge is -2.04. The number of nitrogens with zero attached hydrogens (tertiary/aromatic N) is 2. The molecule has 0 aliphatic rings. The molecule has 0 radical (unpaired) electrons. The predicted molar refractivity (Wildman–Crippen MR) is 110 cm³/mol. The van der Waals surface area contributed by atoms with Crippen molar-refractivity contribution < 1.29 is 17.6 Å². The van der Waals surface area contributed by atoms with Gasteiger partial charge in [0, 0.05) is 0 Å². The number of thiazole rings is 1. The van der Waals surface area contributed by atoms with Crippen molar-refractivity contribution in [2.24, 2.45) is 5.10 Å². The number of carbonyl (C=O) groups is 1. The Morgan fingerprint density at radius 2 is 1.76 bits per heavy atom. The SMILES string of the molecule is C/C(=N\NC(=O)c1sc(NS(=O)(=O)c2ccccc2)nc1C)c1ccc(F)cc1. The summed E-state index contributed by atoms with van der Waals surface area (Å²) in [6.45, 7) is 3.27. The molecule has 0 unspecified atom stereocenters. The number of anilines is 1. The molecule has 0 aliphatic carbocycles. The smallest absolute Gasteiger partial charge is 0.266 e. The largest absolute Gasteiger partial charge is 0.283 e. The number of aryl methyl sites for hydroxylation is 1. The third-order valence-corrected chi connectivity index (χ3v) is 6.42. The van der Waals surface area contributed by atoms with Gasteiger partial charge in [0.25, 0.3) is 15.9 Å². The minimum absolute atomic E-state index is 0.0794. The quantitative estimate of drug-likeness (QED) is 0.460. The van der Waals surface area contributed by atoms with E-state index in [4.69, 9.17) is 0 Å². The van der Waals surface area contributed by atoms with Crippen molar-refractivity contribution in [1.29, 1.82) is 0 Å². The average molecular weight is 433 g/mol. The second-order valence-corrected chi connectivity index (χ2v) is 8.68. The summed E-state index contributed by atoms with van der Waals surface area (Å²) in [4.78, 5) is 16.9. The second-order valence-electron chi connectivity index (χ2n) is 6.00. The van der Waals surface area contributed by atoms with Crippen molar-refractivity contribution in [3.05, 3.63) is 76.5 Å². The van der Waals surface area contributed by atoms with Gasteiger partial charge in [0.15, 0.2) is 5.13 Å². The van der Waals surface area contributed by atoms with Gasteiger partial charge in [-0.25, -0.2) is 23.2 Å². The molecule has 0 aliphatic heterocycles. The van der Waals surface area contributed by atoms with Gasteiger partial charge in [-0.05, 0) is 43.7 Å². The Bertz CT molecular complexity index is 1160. The molecular weight excluding hydrogens is 415 g/mol. The number of hydrogen-bond donors (Lipinski definition) is 2. The van der Waals surface area contributed by atoms with E-state index in [0.717, 1.165) is 11.3 Å². The lowest BCUT2D eigenvalue weighted by atomic mass is 10.1. The number of sulfonamides is 1. The van der Waals surface area contributed by atoms with E-state index in [-0.39, 0.29) is 20.7 Å². The van der Waals surface area contributed by atoms with E-state index in [0.29, 0.717) is 17.0 Å². The minimum Gasteiger partial charge on any atom is -0.266 e. The molecule has 1 amide bonds. The lowest BCUT2D eigenvalue weighted by Crippen LogP contribution is -2.19. The molecule has 0 saturated carbocycles. The van der Waals surface area contributed by atoms with Gasteiger partial charge in [-0.2, -0.15) is 5.10 Å². The molecule has 29 heavy (non-hydrogen) atoms. The highest BCUT2D eigenvalue weighted by Crippen LogP contribution is 2.25. The maximum atomic E-state index is 13.0. The number of nitrogens with one attached hydrogen (secondary N) is 2. The van der Waals surface area contributed by atoms with Crippen molar-refractivity contribution in [1.82, 2.24) is 10.4 Å². The number of halogens is 1. The number of rotatable bonds is 6. The Morgan fingerprint density at radius 1 is 1.10 bits per heavy atom. The average Bonchev–Trinajstić information content (AvgIpc) is 3.06. The summed E-state index contributed by atoms with van der Waals surface area (Å²) in [5.74, 6) is -0.886. The van der Waals surface area contributed by atoms with Gasteiger partial charge in [0.1, 0.15) is 10.7 Å². The van der Waals surface area contributed by atoms with Crippen LogP contribution in [-0.4, -0.2) is 25.0 Å². The van der Waals surface area contributed by atoms with Gasteiger partial charge in [0.05, 0.1) is 16.3 Å². The van der Waals surface area contributed by atoms with Gasteiger partial charge in [0.2, 0.25) is 0 Å². The van der Waals surface area contributed by atoms with Crippen LogP contribution in [0.25, 0.3) is 0 Å². The van der Waals surface area contributed by atoms with Crippen LogP contribution < -0.4 is 10.1 Å². The Labute approximate surface area is 171 Å². The van der Waals surface area contributed by atoms with Crippen LogP contribution in [0.15, 0.2) is 64.6 Å². The Balaban J connectivity index is 1.73. The van der Waals surface area contributed by atoms with E-state index in [1.807, 2.05) is 0 Å².